The Morgan fingerprint density at radius 2 is 1.65 bits per heavy atom. The van der Waals surface area contributed by atoms with E-state index in [1.165, 1.54) is 0 Å². The van der Waals surface area contributed by atoms with Crippen molar-refractivity contribution in [1.29, 1.82) is 0 Å². The number of methoxy groups -OCH3 is 1. The Labute approximate surface area is 153 Å². The Balaban J connectivity index is 1.95. The SMILES string of the molecule is CCCC(=O)Nc1cccc(NC(=O)c2ccc(OCCOC)cc2)c1. The van der Waals surface area contributed by atoms with Gasteiger partial charge in [0.15, 0.2) is 0 Å². The number of rotatable bonds is 9. The van der Waals surface area contributed by atoms with Crippen LogP contribution in [0.4, 0.5) is 11.4 Å². The average molecular weight is 356 g/mol. The van der Waals surface area contributed by atoms with Crippen LogP contribution in [0.5, 0.6) is 5.75 Å². The number of nitrogens with one attached hydrogen (secondary N) is 2. The zero-order valence-electron chi connectivity index (χ0n) is 15.1. The number of hydrogen-bond donors (Lipinski definition) is 2. The summed E-state index contributed by atoms with van der Waals surface area (Å²) in [5, 5.41) is 5.64. The lowest BCUT2D eigenvalue weighted by Crippen LogP contribution is -2.13. The maximum Gasteiger partial charge on any atom is 0.255 e. The molecule has 2 aromatic carbocycles. The van der Waals surface area contributed by atoms with Crippen LogP contribution in [0.3, 0.4) is 0 Å². The van der Waals surface area contributed by atoms with Crippen molar-refractivity contribution in [3.63, 3.8) is 0 Å². The standard InChI is InChI=1S/C20H24N2O4/c1-3-5-19(23)21-16-6-4-7-17(14-16)22-20(24)15-8-10-18(11-9-15)26-13-12-25-2/h4,6-11,14H,3,5,12-13H2,1-2H3,(H,21,23)(H,22,24). The number of benzene rings is 2. The highest BCUT2D eigenvalue weighted by Crippen LogP contribution is 2.18. The molecular weight excluding hydrogens is 332 g/mol. The second-order valence-electron chi connectivity index (χ2n) is 5.70. The van der Waals surface area contributed by atoms with E-state index < -0.39 is 0 Å². The van der Waals surface area contributed by atoms with Crippen LogP contribution >= 0.6 is 0 Å². The van der Waals surface area contributed by atoms with E-state index in [2.05, 4.69) is 10.6 Å². The number of carbonyl (C=O) groups excluding carboxylic acids is 2. The normalized spacial score (nSPS) is 10.2. The van der Waals surface area contributed by atoms with Crippen molar-refractivity contribution in [2.45, 2.75) is 19.8 Å². The minimum atomic E-state index is -0.231. The summed E-state index contributed by atoms with van der Waals surface area (Å²) in [4.78, 5) is 24.0. The van der Waals surface area contributed by atoms with E-state index in [0.717, 1.165) is 6.42 Å². The molecule has 0 aliphatic rings. The number of ether oxygens (including phenoxy) is 2. The Hall–Kier alpha value is -2.86. The molecule has 0 saturated heterocycles. The lowest BCUT2D eigenvalue weighted by atomic mass is 10.2. The summed E-state index contributed by atoms with van der Waals surface area (Å²) >= 11 is 0. The van der Waals surface area contributed by atoms with Crippen molar-refractivity contribution < 1.29 is 19.1 Å². The van der Waals surface area contributed by atoms with Crippen molar-refractivity contribution >= 4 is 23.2 Å². The molecule has 2 N–H and O–H groups in total. The quantitative estimate of drug-likeness (QED) is 0.672. The zero-order valence-corrected chi connectivity index (χ0v) is 15.1. The summed E-state index contributed by atoms with van der Waals surface area (Å²) < 4.78 is 10.4. The highest BCUT2D eigenvalue weighted by molar-refractivity contribution is 6.04. The molecule has 0 spiro atoms. The van der Waals surface area contributed by atoms with Crippen LogP contribution < -0.4 is 15.4 Å². The van der Waals surface area contributed by atoms with Gasteiger partial charge in [0.2, 0.25) is 5.91 Å². The van der Waals surface area contributed by atoms with Crippen LogP contribution in [-0.4, -0.2) is 32.1 Å². The highest BCUT2D eigenvalue weighted by atomic mass is 16.5. The molecule has 2 amide bonds. The number of anilines is 2. The predicted octanol–water partition coefficient (Wildman–Crippen LogP) is 3.70. The summed E-state index contributed by atoms with van der Waals surface area (Å²) in [5.74, 6) is 0.407. The number of carbonyl (C=O) groups is 2. The molecule has 6 heteroatoms. The molecule has 0 bridgehead atoms. The van der Waals surface area contributed by atoms with Crippen LogP contribution in [0.1, 0.15) is 30.1 Å². The fourth-order valence-electron chi connectivity index (χ4n) is 2.27. The van der Waals surface area contributed by atoms with Gasteiger partial charge in [-0.3, -0.25) is 9.59 Å². The Morgan fingerprint density at radius 1 is 0.962 bits per heavy atom. The molecule has 0 atom stereocenters. The summed E-state index contributed by atoms with van der Waals surface area (Å²) in [6.45, 7) is 2.91. The highest BCUT2D eigenvalue weighted by Gasteiger charge is 2.08. The monoisotopic (exact) mass is 356 g/mol. The van der Waals surface area contributed by atoms with Crippen molar-refractivity contribution in [2.75, 3.05) is 31.0 Å². The van der Waals surface area contributed by atoms with Gasteiger partial charge in [0.1, 0.15) is 12.4 Å². The summed E-state index contributed by atoms with van der Waals surface area (Å²) in [5.41, 5.74) is 1.79. The molecule has 0 saturated carbocycles. The molecule has 2 rings (SSSR count). The third-order valence-electron chi connectivity index (χ3n) is 3.55. The molecule has 6 nitrogen and oxygen atoms in total. The van der Waals surface area contributed by atoms with E-state index >= 15 is 0 Å². The molecule has 0 radical (unpaired) electrons. The molecule has 138 valence electrons. The van der Waals surface area contributed by atoms with Gasteiger partial charge in [-0.1, -0.05) is 13.0 Å². The second kappa shape index (κ2) is 10.2. The molecular formula is C20H24N2O4. The van der Waals surface area contributed by atoms with Crippen molar-refractivity contribution in [2.24, 2.45) is 0 Å². The van der Waals surface area contributed by atoms with Gasteiger partial charge in [-0.2, -0.15) is 0 Å². The fraction of sp³-hybridized carbons (Fsp3) is 0.300. The molecule has 0 heterocycles. The van der Waals surface area contributed by atoms with Gasteiger partial charge >= 0.3 is 0 Å². The first-order chi connectivity index (χ1) is 12.6. The van der Waals surface area contributed by atoms with Crippen LogP contribution in [0.2, 0.25) is 0 Å². The first kappa shape index (κ1) is 19.5. The van der Waals surface area contributed by atoms with E-state index in [1.807, 2.05) is 6.92 Å². The van der Waals surface area contributed by atoms with E-state index in [4.69, 9.17) is 9.47 Å². The first-order valence-electron chi connectivity index (χ1n) is 8.55. The van der Waals surface area contributed by atoms with Crippen molar-refractivity contribution in [3.05, 3.63) is 54.1 Å². The van der Waals surface area contributed by atoms with Gasteiger partial charge in [0, 0.05) is 30.5 Å². The lowest BCUT2D eigenvalue weighted by molar-refractivity contribution is -0.116. The molecule has 0 aliphatic heterocycles. The molecule has 0 aliphatic carbocycles. The number of amides is 2. The average Bonchev–Trinajstić information content (AvgIpc) is 2.63. The molecule has 0 unspecified atom stereocenters. The van der Waals surface area contributed by atoms with E-state index in [1.54, 1.807) is 55.6 Å². The van der Waals surface area contributed by atoms with Crippen LogP contribution in [-0.2, 0) is 9.53 Å². The lowest BCUT2D eigenvalue weighted by Gasteiger charge is -2.09. The van der Waals surface area contributed by atoms with Gasteiger partial charge in [0.05, 0.1) is 6.61 Å². The predicted molar refractivity (Wildman–Crippen MR) is 102 cm³/mol. The van der Waals surface area contributed by atoms with Gasteiger partial charge in [-0.25, -0.2) is 0 Å². The largest absolute Gasteiger partial charge is 0.491 e. The Bertz CT molecular complexity index is 729. The van der Waals surface area contributed by atoms with Crippen LogP contribution in [0.15, 0.2) is 48.5 Å². The van der Waals surface area contributed by atoms with Crippen LogP contribution in [0, 0.1) is 0 Å². The van der Waals surface area contributed by atoms with Gasteiger partial charge in [0.25, 0.3) is 5.91 Å². The fourth-order valence-corrected chi connectivity index (χ4v) is 2.27. The number of hydrogen-bond acceptors (Lipinski definition) is 4. The van der Waals surface area contributed by atoms with Crippen LogP contribution in [0.25, 0.3) is 0 Å². The van der Waals surface area contributed by atoms with Crippen molar-refractivity contribution in [3.8, 4) is 5.75 Å². The topological polar surface area (TPSA) is 76.7 Å². The second-order valence-corrected chi connectivity index (χ2v) is 5.70. The van der Waals surface area contributed by atoms with Gasteiger partial charge in [-0.05, 0) is 48.9 Å². The third-order valence-corrected chi connectivity index (χ3v) is 3.55. The minimum Gasteiger partial charge on any atom is -0.491 e. The summed E-state index contributed by atoms with van der Waals surface area (Å²) in [6.07, 6.45) is 1.25. The summed E-state index contributed by atoms with van der Waals surface area (Å²) in [6, 6.07) is 14.0. The smallest absolute Gasteiger partial charge is 0.255 e. The molecule has 26 heavy (non-hydrogen) atoms. The first-order valence-corrected chi connectivity index (χ1v) is 8.55. The third kappa shape index (κ3) is 6.22. The van der Waals surface area contributed by atoms with Gasteiger partial charge < -0.3 is 20.1 Å². The summed E-state index contributed by atoms with van der Waals surface area (Å²) in [7, 11) is 1.61. The minimum absolute atomic E-state index is 0.0416. The Kier molecular flexibility index (Phi) is 7.64. The van der Waals surface area contributed by atoms with E-state index in [9.17, 15) is 9.59 Å². The maximum atomic E-state index is 12.4. The van der Waals surface area contributed by atoms with Gasteiger partial charge in [-0.15, -0.1) is 0 Å². The van der Waals surface area contributed by atoms with Crippen molar-refractivity contribution in [1.82, 2.24) is 0 Å². The Morgan fingerprint density at radius 3 is 2.31 bits per heavy atom. The molecule has 0 fully saturated rings. The zero-order chi connectivity index (χ0) is 18.8. The van der Waals surface area contributed by atoms with E-state index in [0.29, 0.717) is 42.3 Å². The molecule has 2 aromatic rings. The van der Waals surface area contributed by atoms with E-state index in [-0.39, 0.29) is 11.8 Å². The maximum absolute atomic E-state index is 12.4. The molecule has 0 aromatic heterocycles.